The lowest BCUT2D eigenvalue weighted by Crippen LogP contribution is -2.14. The zero-order valence-electron chi connectivity index (χ0n) is 13.7. The maximum atomic E-state index is 12.6. The van der Waals surface area contributed by atoms with E-state index in [0.29, 0.717) is 4.88 Å². The van der Waals surface area contributed by atoms with Crippen molar-refractivity contribution in [2.75, 3.05) is 5.32 Å². The van der Waals surface area contributed by atoms with Crippen LogP contribution in [0.15, 0.2) is 64.6 Å². The van der Waals surface area contributed by atoms with Gasteiger partial charge in [0, 0.05) is 16.0 Å². The van der Waals surface area contributed by atoms with Crippen LogP contribution in [0.3, 0.4) is 0 Å². The topological polar surface area (TPSA) is 83.7 Å². The van der Waals surface area contributed by atoms with Gasteiger partial charge < -0.3 is 10.4 Å². The van der Waals surface area contributed by atoms with Crippen molar-refractivity contribution in [3.05, 3.63) is 75.8 Å². The summed E-state index contributed by atoms with van der Waals surface area (Å²) in [5, 5.41) is 18.2. The first kappa shape index (κ1) is 17.4. The molecule has 0 aliphatic rings. The summed E-state index contributed by atoms with van der Waals surface area (Å²) in [7, 11) is 0. The monoisotopic (exact) mass is 441 g/mol. The summed E-state index contributed by atoms with van der Waals surface area (Å²) >= 11 is 4.63. The molecule has 0 saturated carbocycles. The summed E-state index contributed by atoms with van der Waals surface area (Å²) in [6.45, 7) is 0. The molecule has 4 rings (SSSR count). The van der Waals surface area contributed by atoms with Gasteiger partial charge in [-0.25, -0.2) is 9.31 Å². The van der Waals surface area contributed by atoms with Crippen molar-refractivity contribution >= 4 is 50.3 Å². The van der Waals surface area contributed by atoms with Crippen LogP contribution < -0.4 is 5.32 Å². The summed E-state index contributed by atoms with van der Waals surface area (Å²) in [5.74, 6) is -1.55. The fourth-order valence-corrected chi connectivity index (χ4v) is 3.98. The Balaban J connectivity index is 1.68. The first-order valence-electron chi connectivity index (χ1n) is 7.89. The quantitative estimate of drug-likeness (QED) is 0.477. The van der Waals surface area contributed by atoms with Gasteiger partial charge in [0.1, 0.15) is 5.56 Å². The number of nitrogens with one attached hydrogen (secondary N) is 1. The highest BCUT2D eigenvalue weighted by Crippen LogP contribution is 2.36. The molecule has 3 heterocycles. The third-order valence-corrected chi connectivity index (χ3v) is 5.52. The summed E-state index contributed by atoms with van der Waals surface area (Å²) in [6, 6.07) is 14.5. The molecule has 1 amide bonds. The van der Waals surface area contributed by atoms with Crippen molar-refractivity contribution in [3.8, 4) is 10.4 Å². The van der Waals surface area contributed by atoms with Crippen molar-refractivity contribution in [2.24, 2.45) is 0 Å². The molecule has 0 saturated heterocycles. The van der Waals surface area contributed by atoms with Crippen LogP contribution in [0.25, 0.3) is 16.0 Å². The second-order valence-corrected chi connectivity index (χ2v) is 7.51. The number of nitrogens with zero attached hydrogens (tertiary/aromatic N) is 2. The number of anilines is 1. The maximum absolute atomic E-state index is 12.6. The highest BCUT2D eigenvalue weighted by atomic mass is 79.9. The van der Waals surface area contributed by atoms with Crippen LogP contribution in [0.2, 0.25) is 0 Å². The van der Waals surface area contributed by atoms with Gasteiger partial charge in [-0.3, -0.25) is 4.79 Å². The summed E-state index contributed by atoms with van der Waals surface area (Å²) in [5.41, 5.74) is 2.09. The molecule has 8 heteroatoms. The SMILES string of the molecule is O=C(Nc1csc(-c2ccc(Br)cc2)c1C(=O)O)c1cc2ccccn2n1. The first-order chi connectivity index (χ1) is 13.0. The largest absolute Gasteiger partial charge is 0.478 e. The Morgan fingerprint density at radius 1 is 1.15 bits per heavy atom. The molecule has 0 fully saturated rings. The lowest BCUT2D eigenvalue weighted by atomic mass is 10.1. The van der Waals surface area contributed by atoms with E-state index in [4.69, 9.17) is 0 Å². The van der Waals surface area contributed by atoms with Gasteiger partial charge >= 0.3 is 5.97 Å². The van der Waals surface area contributed by atoms with E-state index in [0.717, 1.165) is 15.6 Å². The summed E-state index contributed by atoms with van der Waals surface area (Å²) < 4.78 is 2.49. The number of aromatic carboxylic acids is 1. The van der Waals surface area contributed by atoms with Gasteiger partial charge in [-0.05, 0) is 35.9 Å². The Labute approximate surface area is 166 Å². The van der Waals surface area contributed by atoms with Gasteiger partial charge in [-0.2, -0.15) is 5.10 Å². The van der Waals surface area contributed by atoms with E-state index in [2.05, 4.69) is 26.3 Å². The van der Waals surface area contributed by atoms with E-state index in [-0.39, 0.29) is 16.9 Å². The van der Waals surface area contributed by atoms with Crippen LogP contribution in [-0.4, -0.2) is 26.6 Å². The zero-order valence-corrected chi connectivity index (χ0v) is 16.1. The van der Waals surface area contributed by atoms with Crippen LogP contribution in [0.5, 0.6) is 0 Å². The molecular weight excluding hydrogens is 430 g/mol. The minimum Gasteiger partial charge on any atom is -0.478 e. The van der Waals surface area contributed by atoms with E-state index in [1.807, 2.05) is 42.5 Å². The fourth-order valence-electron chi connectivity index (χ4n) is 2.71. The predicted octanol–water partition coefficient (Wildman–Crippen LogP) is 4.78. The molecule has 27 heavy (non-hydrogen) atoms. The molecule has 6 nitrogen and oxygen atoms in total. The molecule has 0 bridgehead atoms. The second kappa shape index (κ2) is 6.98. The first-order valence-corrected chi connectivity index (χ1v) is 9.56. The smallest absolute Gasteiger partial charge is 0.339 e. The third-order valence-electron chi connectivity index (χ3n) is 3.96. The normalized spacial score (nSPS) is 10.9. The van der Waals surface area contributed by atoms with Gasteiger partial charge in [0.05, 0.1) is 16.1 Å². The average molecular weight is 442 g/mol. The predicted molar refractivity (Wildman–Crippen MR) is 108 cm³/mol. The van der Waals surface area contributed by atoms with Crippen LogP contribution in [-0.2, 0) is 0 Å². The number of pyridine rings is 1. The molecule has 1 aromatic carbocycles. The standard InChI is InChI=1S/C19H12BrN3O3S/c20-12-6-4-11(5-7-12)17-16(19(25)26)15(10-27-17)21-18(24)14-9-13-3-1-2-8-23(13)22-14/h1-10H,(H,21,24)(H,25,26). The Hall–Kier alpha value is -2.97. The number of aromatic nitrogens is 2. The highest BCUT2D eigenvalue weighted by Gasteiger charge is 2.22. The van der Waals surface area contributed by atoms with Crippen molar-refractivity contribution < 1.29 is 14.7 Å². The van der Waals surface area contributed by atoms with E-state index in [1.54, 1.807) is 22.2 Å². The molecule has 3 aromatic heterocycles. The minimum atomic E-state index is -1.10. The third kappa shape index (κ3) is 3.36. The average Bonchev–Trinajstić information content (AvgIpc) is 3.26. The van der Waals surface area contributed by atoms with Crippen molar-refractivity contribution in [1.82, 2.24) is 9.61 Å². The number of carbonyl (C=O) groups is 2. The lowest BCUT2D eigenvalue weighted by molar-refractivity contribution is 0.0699. The zero-order chi connectivity index (χ0) is 19.0. The van der Waals surface area contributed by atoms with Crippen LogP contribution >= 0.6 is 27.3 Å². The van der Waals surface area contributed by atoms with E-state index in [1.165, 1.54) is 11.3 Å². The number of fused-ring (bicyclic) bond motifs is 1. The Bertz CT molecular complexity index is 1130. The molecule has 0 atom stereocenters. The Morgan fingerprint density at radius 3 is 2.63 bits per heavy atom. The minimum absolute atomic E-state index is 0.0689. The number of carboxylic acid groups (broad SMARTS) is 1. The van der Waals surface area contributed by atoms with Crippen molar-refractivity contribution in [3.63, 3.8) is 0 Å². The van der Waals surface area contributed by atoms with E-state index in [9.17, 15) is 14.7 Å². The van der Waals surface area contributed by atoms with Crippen LogP contribution in [0, 0.1) is 0 Å². The maximum Gasteiger partial charge on any atom is 0.339 e. The van der Waals surface area contributed by atoms with Gasteiger partial charge in [-0.15, -0.1) is 11.3 Å². The number of carboxylic acids is 1. The Kier molecular flexibility index (Phi) is 4.51. The molecular formula is C19H12BrN3O3S. The van der Waals surface area contributed by atoms with Gasteiger partial charge in [0.2, 0.25) is 0 Å². The molecule has 2 N–H and O–H groups in total. The van der Waals surface area contributed by atoms with Gasteiger partial charge in [0.15, 0.2) is 5.69 Å². The number of rotatable bonds is 4. The number of halogens is 1. The number of amides is 1. The number of hydrogen-bond acceptors (Lipinski definition) is 4. The summed E-state index contributed by atoms with van der Waals surface area (Å²) in [6.07, 6.45) is 1.74. The fraction of sp³-hybridized carbons (Fsp3) is 0. The lowest BCUT2D eigenvalue weighted by Gasteiger charge is -2.05. The van der Waals surface area contributed by atoms with Gasteiger partial charge in [-0.1, -0.05) is 34.1 Å². The Morgan fingerprint density at radius 2 is 1.93 bits per heavy atom. The molecule has 0 aliphatic heterocycles. The van der Waals surface area contributed by atoms with Crippen LogP contribution in [0.1, 0.15) is 20.8 Å². The molecule has 4 aromatic rings. The molecule has 0 unspecified atom stereocenters. The molecule has 0 spiro atoms. The molecule has 0 aliphatic carbocycles. The number of carbonyl (C=O) groups excluding carboxylic acids is 1. The number of thiophene rings is 1. The number of benzene rings is 1. The number of hydrogen-bond donors (Lipinski definition) is 2. The van der Waals surface area contributed by atoms with E-state index < -0.39 is 11.9 Å². The second-order valence-electron chi connectivity index (χ2n) is 5.72. The highest BCUT2D eigenvalue weighted by molar-refractivity contribution is 9.10. The molecule has 134 valence electrons. The summed E-state index contributed by atoms with van der Waals surface area (Å²) in [4.78, 5) is 25.0. The van der Waals surface area contributed by atoms with E-state index >= 15 is 0 Å². The van der Waals surface area contributed by atoms with Crippen LogP contribution in [0.4, 0.5) is 5.69 Å². The van der Waals surface area contributed by atoms with Crippen molar-refractivity contribution in [2.45, 2.75) is 0 Å². The molecule has 0 radical (unpaired) electrons. The van der Waals surface area contributed by atoms with Crippen molar-refractivity contribution in [1.29, 1.82) is 0 Å². The van der Waals surface area contributed by atoms with Gasteiger partial charge in [0.25, 0.3) is 5.91 Å².